The van der Waals surface area contributed by atoms with E-state index in [1.165, 1.54) is 18.4 Å². The highest BCUT2D eigenvalue weighted by Gasteiger charge is 2.54. The van der Waals surface area contributed by atoms with Gasteiger partial charge in [0.2, 0.25) is 5.91 Å². The smallest absolute Gasteiger partial charge is 0.307 e. The Labute approximate surface area is 130 Å². The number of carbonyl (C=O) groups excluding carboxylic acids is 1. The third-order valence-electron chi connectivity index (χ3n) is 5.78. The number of likely N-dealkylation sites (tertiary alicyclic amines) is 1. The van der Waals surface area contributed by atoms with Gasteiger partial charge in [-0.2, -0.15) is 0 Å². The van der Waals surface area contributed by atoms with Crippen LogP contribution in [0.2, 0.25) is 0 Å². The van der Waals surface area contributed by atoms with Crippen molar-refractivity contribution in [1.29, 1.82) is 0 Å². The molecule has 2 saturated carbocycles. The van der Waals surface area contributed by atoms with Crippen molar-refractivity contribution < 1.29 is 14.7 Å². The summed E-state index contributed by atoms with van der Waals surface area (Å²) in [5.74, 6) is -0.479. The molecule has 1 aromatic rings. The second kappa shape index (κ2) is 5.11. The Balaban J connectivity index is 1.55. The minimum atomic E-state index is -0.819. The van der Waals surface area contributed by atoms with E-state index in [0.717, 1.165) is 13.0 Å². The van der Waals surface area contributed by atoms with Crippen LogP contribution >= 0.6 is 0 Å². The molecule has 4 heteroatoms. The van der Waals surface area contributed by atoms with Gasteiger partial charge in [-0.05, 0) is 30.7 Å². The summed E-state index contributed by atoms with van der Waals surface area (Å²) in [7, 11) is 0. The maximum atomic E-state index is 12.7. The van der Waals surface area contributed by atoms with Crippen molar-refractivity contribution in [3.63, 3.8) is 0 Å². The summed E-state index contributed by atoms with van der Waals surface area (Å²) < 4.78 is 0. The van der Waals surface area contributed by atoms with E-state index >= 15 is 0 Å². The zero-order chi connectivity index (χ0) is 15.3. The minimum absolute atomic E-state index is 0.0859. The van der Waals surface area contributed by atoms with Gasteiger partial charge in [0.1, 0.15) is 0 Å². The number of benzene rings is 1. The summed E-state index contributed by atoms with van der Waals surface area (Å²) in [6.45, 7) is 0.765. The molecule has 2 aliphatic carbocycles. The number of hydrogen-bond acceptors (Lipinski definition) is 2. The Bertz CT molecular complexity index is 600. The van der Waals surface area contributed by atoms with Crippen molar-refractivity contribution in [2.24, 2.45) is 17.8 Å². The standard InChI is InChI=1S/C18H21NO3/c20-17(13-9-14(13)18(21)22)19-10-15(11-5-2-1-3-6-11)12-7-4-8-16(12)19/h1-3,5-6,12-16H,4,7-10H2,(H,21,22). The van der Waals surface area contributed by atoms with Gasteiger partial charge in [0.25, 0.3) is 0 Å². The van der Waals surface area contributed by atoms with Crippen LogP contribution in [0.4, 0.5) is 0 Å². The van der Waals surface area contributed by atoms with E-state index in [9.17, 15) is 9.59 Å². The molecular formula is C18H21NO3. The molecule has 1 aliphatic heterocycles. The molecule has 5 atom stereocenters. The van der Waals surface area contributed by atoms with E-state index in [1.54, 1.807) is 0 Å². The fraction of sp³-hybridized carbons (Fsp3) is 0.556. The number of carbonyl (C=O) groups is 2. The molecule has 3 aliphatic rings. The fourth-order valence-corrected chi connectivity index (χ4v) is 4.57. The first-order chi connectivity index (χ1) is 10.7. The van der Waals surface area contributed by atoms with Gasteiger partial charge >= 0.3 is 5.97 Å². The van der Waals surface area contributed by atoms with E-state index in [0.29, 0.717) is 24.3 Å². The molecule has 1 N–H and O–H groups in total. The highest BCUT2D eigenvalue weighted by molar-refractivity contribution is 5.90. The zero-order valence-corrected chi connectivity index (χ0v) is 12.5. The van der Waals surface area contributed by atoms with Crippen molar-refractivity contribution in [2.45, 2.75) is 37.6 Å². The number of hydrogen-bond donors (Lipinski definition) is 1. The maximum Gasteiger partial charge on any atom is 0.307 e. The summed E-state index contributed by atoms with van der Waals surface area (Å²) in [4.78, 5) is 25.8. The molecule has 4 nitrogen and oxygen atoms in total. The topological polar surface area (TPSA) is 57.6 Å². The van der Waals surface area contributed by atoms with Crippen LogP contribution in [-0.4, -0.2) is 34.5 Å². The van der Waals surface area contributed by atoms with Crippen molar-refractivity contribution in [2.75, 3.05) is 6.54 Å². The second-order valence-electron chi connectivity index (χ2n) is 6.96. The van der Waals surface area contributed by atoms with Gasteiger partial charge in [-0.1, -0.05) is 36.8 Å². The van der Waals surface area contributed by atoms with Crippen molar-refractivity contribution in [1.82, 2.24) is 4.90 Å². The van der Waals surface area contributed by atoms with Crippen LogP contribution in [0.5, 0.6) is 0 Å². The second-order valence-corrected chi connectivity index (χ2v) is 6.96. The van der Waals surface area contributed by atoms with Gasteiger partial charge in [0, 0.05) is 18.5 Å². The molecule has 0 spiro atoms. The quantitative estimate of drug-likeness (QED) is 0.933. The summed E-state index contributed by atoms with van der Waals surface area (Å²) in [6.07, 6.45) is 3.96. The monoisotopic (exact) mass is 299 g/mol. The van der Waals surface area contributed by atoms with Crippen LogP contribution in [-0.2, 0) is 9.59 Å². The van der Waals surface area contributed by atoms with Gasteiger partial charge in [0.15, 0.2) is 0 Å². The molecule has 1 amide bonds. The normalized spacial score (nSPS) is 36.2. The van der Waals surface area contributed by atoms with E-state index in [1.807, 2.05) is 11.0 Å². The fourth-order valence-electron chi connectivity index (χ4n) is 4.57. The van der Waals surface area contributed by atoms with E-state index < -0.39 is 11.9 Å². The summed E-state index contributed by atoms with van der Waals surface area (Å²) >= 11 is 0. The third-order valence-corrected chi connectivity index (χ3v) is 5.78. The van der Waals surface area contributed by atoms with E-state index in [2.05, 4.69) is 24.3 Å². The minimum Gasteiger partial charge on any atom is -0.481 e. The predicted octanol–water partition coefficient (Wildman–Crippen LogP) is 2.50. The zero-order valence-electron chi connectivity index (χ0n) is 12.5. The van der Waals surface area contributed by atoms with Crippen molar-refractivity contribution in [3.05, 3.63) is 35.9 Å². The maximum absolute atomic E-state index is 12.7. The Morgan fingerprint density at radius 1 is 1.09 bits per heavy atom. The number of fused-ring (bicyclic) bond motifs is 1. The van der Waals surface area contributed by atoms with Gasteiger partial charge in [-0.25, -0.2) is 0 Å². The van der Waals surface area contributed by atoms with E-state index in [-0.39, 0.29) is 11.8 Å². The molecule has 1 saturated heterocycles. The third kappa shape index (κ3) is 2.13. The first-order valence-electron chi connectivity index (χ1n) is 8.25. The number of carboxylic acids is 1. The number of nitrogens with zero attached hydrogens (tertiary/aromatic N) is 1. The molecule has 0 radical (unpaired) electrons. The molecule has 1 heterocycles. The lowest BCUT2D eigenvalue weighted by Crippen LogP contribution is -2.37. The first kappa shape index (κ1) is 13.8. The summed E-state index contributed by atoms with van der Waals surface area (Å²) in [5.41, 5.74) is 1.32. The van der Waals surface area contributed by atoms with Crippen LogP contribution in [0.1, 0.15) is 37.2 Å². The molecule has 3 fully saturated rings. The van der Waals surface area contributed by atoms with Crippen LogP contribution < -0.4 is 0 Å². The molecule has 22 heavy (non-hydrogen) atoms. The van der Waals surface area contributed by atoms with Gasteiger partial charge in [-0.3, -0.25) is 9.59 Å². The molecule has 0 bridgehead atoms. The lowest BCUT2D eigenvalue weighted by Gasteiger charge is -2.23. The van der Waals surface area contributed by atoms with Gasteiger partial charge in [-0.15, -0.1) is 0 Å². The lowest BCUT2D eigenvalue weighted by atomic mass is 9.87. The number of rotatable bonds is 3. The Kier molecular flexibility index (Phi) is 3.21. The molecule has 5 unspecified atom stereocenters. The largest absolute Gasteiger partial charge is 0.481 e. The van der Waals surface area contributed by atoms with E-state index in [4.69, 9.17) is 5.11 Å². The number of aliphatic carboxylic acids is 1. The summed E-state index contributed by atoms with van der Waals surface area (Å²) in [6, 6.07) is 10.8. The van der Waals surface area contributed by atoms with Crippen molar-refractivity contribution >= 4 is 11.9 Å². The summed E-state index contributed by atoms with van der Waals surface area (Å²) in [5, 5.41) is 9.06. The molecule has 0 aromatic heterocycles. The Hall–Kier alpha value is -1.84. The van der Waals surface area contributed by atoms with Crippen LogP contribution in [0.15, 0.2) is 30.3 Å². The van der Waals surface area contributed by atoms with Crippen LogP contribution in [0, 0.1) is 17.8 Å². The molecule has 1 aromatic carbocycles. The van der Waals surface area contributed by atoms with Crippen LogP contribution in [0.25, 0.3) is 0 Å². The highest BCUT2D eigenvalue weighted by Crippen LogP contribution is 2.49. The number of amides is 1. The average Bonchev–Trinajstić information content (AvgIpc) is 3.05. The Morgan fingerprint density at radius 3 is 2.55 bits per heavy atom. The van der Waals surface area contributed by atoms with Gasteiger partial charge in [0.05, 0.1) is 11.8 Å². The Morgan fingerprint density at radius 2 is 1.86 bits per heavy atom. The predicted molar refractivity (Wildman–Crippen MR) is 81.3 cm³/mol. The lowest BCUT2D eigenvalue weighted by molar-refractivity contribution is -0.142. The number of carboxylic acid groups (broad SMARTS) is 1. The molecule has 116 valence electrons. The van der Waals surface area contributed by atoms with Crippen molar-refractivity contribution in [3.8, 4) is 0 Å². The molecular weight excluding hydrogens is 278 g/mol. The highest BCUT2D eigenvalue weighted by atomic mass is 16.4. The van der Waals surface area contributed by atoms with Crippen LogP contribution in [0.3, 0.4) is 0 Å². The average molecular weight is 299 g/mol. The molecule has 4 rings (SSSR count). The van der Waals surface area contributed by atoms with Gasteiger partial charge < -0.3 is 10.0 Å². The SMILES string of the molecule is O=C(O)C1CC1C(=O)N1CC(c2ccccc2)C2CCCC21. The first-order valence-corrected chi connectivity index (χ1v) is 8.25.